The van der Waals surface area contributed by atoms with Crippen LogP contribution >= 0.6 is 46.4 Å². The summed E-state index contributed by atoms with van der Waals surface area (Å²) in [6, 6.07) is 15.9. The first kappa shape index (κ1) is 30.1. The maximum absolute atomic E-state index is 13.9. The van der Waals surface area contributed by atoms with Crippen molar-refractivity contribution in [3.05, 3.63) is 92.4 Å². The number of carbonyl (C=O) groups is 2. The van der Waals surface area contributed by atoms with Crippen molar-refractivity contribution in [1.82, 2.24) is 10.2 Å². The molecule has 202 valence electrons. The number of likely N-dealkylation sites (N-methyl/N-ethyl adjacent to an activating group) is 1. The van der Waals surface area contributed by atoms with Crippen LogP contribution in [0.5, 0.6) is 0 Å². The monoisotopic (exact) mass is 615 g/mol. The highest BCUT2D eigenvalue weighted by Gasteiger charge is 2.34. The zero-order valence-corrected chi connectivity index (χ0v) is 24.3. The first-order valence-corrected chi connectivity index (χ1v) is 14.4. The molecule has 0 aromatic heterocycles. The molecule has 38 heavy (non-hydrogen) atoms. The molecule has 0 saturated heterocycles. The summed E-state index contributed by atoms with van der Waals surface area (Å²) in [5.74, 6) is -1.07. The number of rotatable bonds is 10. The molecule has 0 bridgehead atoms. The van der Waals surface area contributed by atoms with Crippen LogP contribution < -0.4 is 9.62 Å². The Morgan fingerprint density at radius 2 is 1.50 bits per heavy atom. The summed E-state index contributed by atoms with van der Waals surface area (Å²) in [4.78, 5) is 27.9. The largest absolute Gasteiger partial charge is 0.357 e. The SMILES string of the molecule is CC[C@@H](C(=O)NC)N(Cc1c(Cl)cccc1Cl)C(=O)CN(c1ccc(Cl)c(Cl)c1)S(=O)(=O)c1ccccc1. The van der Waals surface area contributed by atoms with E-state index in [0.29, 0.717) is 15.6 Å². The second-order valence-corrected chi connectivity index (χ2v) is 11.7. The Balaban J connectivity index is 2.11. The lowest BCUT2D eigenvalue weighted by atomic mass is 10.1. The fourth-order valence-electron chi connectivity index (χ4n) is 3.83. The summed E-state index contributed by atoms with van der Waals surface area (Å²) < 4.78 is 28.4. The van der Waals surface area contributed by atoms with Crippen molar-refractivity contribution >= 4 is 73.9 Å². The summed E-state index contributed by atoms with van der Waals surface area (Å²) in [6.45, 7) is 0.987. The van der Waals surface area contributed by atoms with Crippen molar-refractivity contribution in [1.29, 1.82) is 0 Å². The van der Waals surface area contributed by atoms with Gasteiger partial charge in [0, 0.05) is 29.2 Å². The second-order valence-electron chi connectivity index (χ2n) is 8.18. The molecule has 1 N–H and O–H groups in total. The van der Waals surface area contributed by atoms with Crippen molar-refractivity contribution in [2.24, 2.45) is 0 Å². The van der Waals surface area contributed by atoms with Crippen molar-refractivity contribution in [2.45, 2.75) is 30.8 Å². The van der Waals surface area contributed by atoms with Gasteiger partial charge in [-0.1, -0.05) is 77.6 Å². The van der Waals surface area contributed by atoms with E-state index in [1.165, 1.54) is 42.3 Å². The number of carbonyl (C=O) groups excluding carboxylic acids is 2. The molecule has 7 nitrogen and oxygen atoms in total. The number of sulfonamides is 1. The zero-order valence-electron chi connectivity index (χ0n) is 20.5. The number of halogens is 4. The van der Waals surface area contributed by atoms with Crippen molar-refractivity contribution in [2.75, 3.05) is 17.9 Å². The molecule has 0 radical (unpaired) electrons. The first-order valence-electron chi connectivity index (χ1n) is 11.5. The number of anilines is 1. The number of hydrogen-bond acceptors (Lipinski definition) is 4. The molecule has 0 saturated carbocycles. The predicted octanol–water partition coefficient (Wildman–Crippen LogP) is 6.05. The van der Waals surface area contributed by atoms with Crippen LogP contribution in [0.15, 0.2) is 71.6 Å². The van der Waals surface area contributed by atoms with Crippen molar-refractivity contribution < 1.29 is 18.0 Å². The van der Waals surface area contributed by atoms with E-state index in [1.54, 1.807) is 43.3 Å². The van der Waals surface area contributed by atoms with E-state index < -0.39 is 34.4 Å². The van der Waals surface area contributed by atoms with E-state index in [9.17, 15) is 18.0 Å². The van der Waals surface area contributed by atoms with Gasteiger partial charge in [-0.25, -0.2) is 8.42 Å². The van der Waals surface area contributed by atoms with Crippen LogP contribution in [0.25, 0.3) is 0 Å². The van der Waals surface area contributed by atoms with Crippen molar-refractivity contribution in [3.63, 3.8) is 0 Å². The minimum absolute atomic E-state index is 0.0297. The smallest absolute Gasteiger partial charge is 0.264 e. The molecule has 3 aromatic rings. The molecule has 3 rings (SSSR count). The van der Waals surface area contributed by atoms with E-state index in [0.717, 1.165) is 4.31 Å². The lowest BCUT2D eigenvalue weighted by Gasteiger charge is -2.33. The normalized spacial score (nSPS) is 12.1. The fraction of sp³-hybridized carbons (Fsp3) is 0.231. The van der Waals surface area contributed by atoms with Crippen LogP contribution in [-0.4, -0.2) is 44.8 Å². The average molecular weight is 617 g/mol. The minimum atomic E-state index is -4.23. The third-order valence-electron chi connectivity index (χ3n) is 5.82. The van der Waals surface area contributed by atoms with Crippen LogP contribution in [0.3, 0.4) is 0 Å². The Bertz CT molecular complexity index is 1400. The lowest BCUT2D eigenvalue weighted by molar-refractivity contribution is -0.140. The van der Waals surface area contributed by atoms with E-state index in [4.69, 9.17) is 46.4 Å². The van der Waals surface area contributed by atoms with Gasteiger partial charge in [-0.2, -0.15) is 0 Å². The highest BCUT2D eigenvalue weighted by molar-refractivity contribution is 7.92. The molecule has 0 spiro atoms. The molecular weight excluding hydrogens is 592 g/mol. The summed E-state index contributed by atoms with van der Waals surface area (Å²) in [6.07, 6.45) is 0.256. The number of nitrogens with zero attached hydrogens (tertiary/aromatic N) is 2. The number of nitrogens with one attached hydrogen (secondary N) is 1. The number of hydrogen-bond donors (Lipinski definition) is 1. The highest BCUT2D eigenvalue weighted by Crippen LogP contribution is 2.32. The standard InChI is InChI=1S/C26H25Cl4N3O4S/c1-3-24(26(35)31-2)32(15-19-20(27)10-7-11-21(19)28)25(34)16-33(17-12-13-22(29)23(30)14-17)38(36,37)18-8-5-4-6-9-18/h4-14,24H,3,15-16H2,1-2H3,(H,31,35)/t24-/m0/s1. The fourth-order valence-corrected chi connectivity index (χ4v) is 6.06. The maximum atomic E-state index is 13.9. The van der Waals surface area contributed by atoms with Crippen molar-refractivity contribution in [3.8, 4) is 0 Å². The van der Waals surface area contributed by atoms with Gasteiger partial charge in [0.1, 0.15) is 12.6 Å². The van der Waals surface area contributed by atoms with E-state index in [2.05, 4.69) is 5.32 Å². The third kappa shape index (κ3) is 6.74. The summed E-state index contributed by atoms with van der Waals surface area (Å²) in [5, 5.41) is 3.50. The van der Waals surface area contributed by atoms with Gasteiger partial charge >= 0.3 is 0 Å². The zero-order chi connectivity index (χ0) is 28.0. The average Bonchev–Trinajstić information content (AvgIpc) is 2.90. The summed E-state index contributed by atoms with van der Waals surface area (Å²) >= 11 is 25.0. The van der Waals surface area contributed by atoms with Gasteiger partial charge in [-0.15, -0.1) is 0 Å². The molecule has 0 heterocycles. The lowest BCUT2D eigenvalue weighted by Crippen LogP contribution is -2.51. The second kappa shape index (κ2) is 13.0. The molecule has 1 atom stereocenters. The molecule has 3 aromatic carbocycles. The molecule has 0 unspecified atom stereocenters. The summed E-state index contributed by atoms with van der Waals surface area (Å²) in [7, 11) is -2.77. The van der Waals surface area contributed by atoms with E-state index in [1.807, 2.05) is 0 Å². The van der Waals surface area contributed by atoms with Gasteiger partial charge < -0.3 is 10.2 Å². The predicted molar refractivity (Wildman–Crippen MR) is 153 cm³/mol. The van der Waals surface area contributed by atoms with E-state index in [-0.39, 0.29) is 33.6 Å². The Hall–Kier alpha value is -2.49. The highest BCUT2D eigenvalue weighted by atomic mass is 35.5. The Kier molecular flexibility index (Phi) is 10.3. The quantitative estimate of drug-likeness (QED) is 0.300. The van der Waals surface area contributed by atoms with Crippen LogP contribution in [0.2, 0.25) is 20.1 Å². The molecule has 2 amide bonds. The number of amides is 2. The molecular formula is C26H25Cl4N3O4S. The van der Waals surface area contributed by atoms with Gasteiger partial charge in [-0.3, -0.25) is 13.9 Å². The van der Waals surface area contributed by atoms with Gasteiger partial charge in [0.2, 0.25) is 11.8 Å². The Morgan fingerprint density at radius 3 is 2.05 bits per heavy atom. The van der Waals surface area contributed by atoms with Gasteiger partial charge in [-0.05, 0) is 48.9 Å². The van der Waals surface area contributed by atoms with Crippen LogP contribution in [0.4, 0.5) is 5.69 Å². The van der Waals surface area contributed by atoms with E-state index >= 15 is 0 Å². The Morgan fingerprint density at radius 1 is 0.868 bits per heavy atom. The molecule has 0 aliphatic heterocycles. The molecule has 0 aliphatic carbocycles. The van der Waals surface area contributed by atoms with Gasteiger partial charge in [0.05, 0.1) is 20.6 Å². The van der Waals surface area contributed by atoms with Crippen LogP contribution in [0, 0.1) is 0 Å². The van der Waals surface area contributed by atoms with Gasteiger partial charge in [0.15, 0.2) is 0 Å². The van der Waals surface area contributed by atoms with Crippen LogP contribution in [0.1, 0.15) is 18.9 Å². The Labute approximate surface area is 242 Å². The molecule has 0 aliphatic rings. The maximum Gasteiger partial charge on any atom is 0.264 e. The summed E-state index contributed by atoms with van der Waals surface area (Å²) in [5.41, 5.74) is 0.555. The van der Waals surface area contributed by atoms with Gasteiger partial charge in [0.25, 0.3) is 10.0 Å². The first-order chi connectivity index (χ1) is 18.0. The topological polar surface area (TPSA) is 86.8 Å². The minimum Gasteiger partial charge on any atom is -0.357 e. The molecule has 12 heteroatoms. The van der Waals surface area contributed by atoms with Crippen LogP contribution in [-0.2, 0) is 26.2 Å². The third-order valence-corrected chi connectivity index (χ3v) is 9.06. The molecule has 0 fully saturated rings. The number of benzene rings is 3.